The normalized spacial score (nSPS) is 17.8. The van der Waals surface area contributed by atoms with Crippen LogP contribution in [0.2, 0.25) is 0 Å². The minimum Gasteiger partial charge on any atom is -0.493 e. The second kappa shape index (κ2) is 8.87. The number of hydrogen-bond donors (Lipinski definition) is 1. The summed E-state index contributed by atoms with van der Waals surface area (Å²) in [6.07, 6.45) is 3.71. The van der Waals surface area contributed by atoms with Crippen molar-refractivity contribution in [1.82, 2.24) is 15.2 Å². The number of nitrogens with zero attached hydrogens (tertiary/aromatic N) is 2. The fraction of sp³-hybridized carbons (Fsp3) is 0.389. The van der Waals surface area contributed by atoms with Crippen LogP contribution in [0.25, 0.3) is 0 Å². The molecule has 24 heavy (non-hydrogen) atoms. The molecular formula is C18H24ClN3O2. The SMILES string of the molecule is COc1cccc(CN2CCNCC2c2ccncc2)c1OC.Cl. The Labute approximate surface area is 149 Å². The number of para-hydroxylation sites is 1. The Kier molecular flexibility index (Phi) is 6.85. The Morgan fingerprint density at radius 1 is 1.17 bits per heavy atom. The monoisotopic (exact) mass is 349 g/mol. The zero-order valence-corrected chi connectivity index (χ0v) is 14.9. The van der Waals surface area contributed by atoms with Crippen molar-refractivity contribution in [1.29, 1.82) is 0 Å². The van der Waals surface area contributed by atoms with E-state index in [1.165, 1.54) is 5.56 Å². The minimum atomic E-state index is 0. The van der Waals surface area contributed by atoms with Crippen LogP contribution in [0.1, 0.15) is 17.2 Å². The summed E-state index contributed by atoms with van der Waals surface area (Å²) in [5.41, 5.74) is 2.43. The molecule has 0 bridgehead atoms. The molecule has 1 aliphatic rings. The lowest BCUT2D eigenvalue weighted by Gasteiger charge is -2.36. The molecule has 0 saturated carbocycles. The highest BCUT2D eigenvalue weighted by Gasteiger charge is 2.25. The molecule has 1 saturated heterocycles. The van der Waals surface area contributed by atoms with Gasteiger partial charge in [0.25, 0.3) is 0 Å². The van der Waals surface area contributed by atoms with E-state index in [2.05, 4.69) is 33.4 Å². The average molecular weight is 350 g/mol. The molecule has 1 unspecified atom stereocenters. The molecule has 2 aromatic rings. The Morgan fingerprint density at radius 2 is 1.96 bits per heavy atom. The predicted molar refractivity (Wildman–Crippen MR) is 97.1 cm³/mol. The van der Waals surface area contributed by atoms with Gasteiger partial charge < -0.3 is 14.8 Å². The Morgan fingerprint density at radius 3 is 2.67 bits per heavy atom. The van der Waals surface area contributed by atoms with Crippen molar-refractivity contribution in [3.05, 3.63) is 53.9 Å². The van der Waals surface area contributed by atoms with E-state index < -0.39 is 0 Å². The molecular weight excluding hydrogens is 326 g/mol. The standard InChI is InChI=1S/C18H23N3O2.ClH/c1-22-17-5-3-4-15(18(17)23-2)13-21-11-10-20-12-16(21)14-6-8-19-9-7-14;/h3-9,16,20H,10-13H2,1-2H3;1H. The van der Waals surface area contributed by atoms with E-state index in [9.17, 15) is 0 Å². The lowest BCUT2D eigenvalue weighted by atomic mass is 10.0. The molecule has 2 heterocycles. The summed E-state index contributed by atoms with van der Waals surface area (Å²) in [6, 6.07) is 10.6. The maximum absolute atomic E-state index is 5.57. The van der Waals surface area contributed by atoms with Gasteiger partial charge in [-0.15, -0.1) is 12.4 Å². The van der Waals surface area contributed by atoms with Gasteiger partial charge in [0.2, 0.25) is 0 Å². The number of halogens is 1. The quantitative estimate of drug-likeness (QED) is 0.899. The third-order valence-corrected chi connectivity index (χ3v) is 4.30. The number of aromatic nitrogens is 1. The Balaban J connectivity index is 0.00000208. The number of piperazine rings is 1. The number of nitrogens with one attached hydrogen (secondary N) is 1. The van der Waals surface area contributed by atoms with Gasteiger partial charge in [-0.2, -0.15) is 0 Å². The van der Waals surface area contributed by atoms with E-state index in [0.29, 0.717) is 6.04 Å². The third kappa shape index (κ3) is 3.98. The smallest absolute Gasteiger partial charge is 0.165 e. The number of methoxy groups -OCH3 is 2. The molecule has 6 heteroatoms. The molecule has 130 valence electrons. The van der Waals surface area contributed by atoms with Crippen LogP contribution in [0, 0.1) is 0 Å². The highest BCUT2D eigenvalue weighted by atomic mass is 35.5. The molecule has 1 aromatic carbocycles. The maximum Gasteiger partial charge on any atom is 0.165 e. The second-order valence-corrected chi connectivity index (χ2v) is 5.62. The van der Waals surface area contributed by atoms with E-state index in [0.717, 1.165) is 43.2 Å². The average Bonchev–Trinajstić information content (AvgIpc) is 2.62. The summed E-state index contributed by atoms with van der Waals surface area (Å²) in [4.78, 5) is 6.60. The number of pyridine rings is 1. The summed E-state index contributed by atoms with van der Waals surface area (Å²) in [6.45, 7) is 3.76. The van der Waals surface area contributed by atoms with E-state index in [4.69, 9.17) is 9.47 Å². The van der Waals surface area contributed by atoms with E-state index in [-0.39, 0.29) is 12.4 Å². The van der Waals surface area contributed by atoms with Gasteiger partial charge in [-0.3, -0.25) is 9.88 Å². The molecule has 1 atom stereocenters. The molecule has 1 aromatic heterocycles. The minimum absolute atomic E-state index is 0. The summed E-state index contributed by atoms with van der Waals surface area (Å²) < 4.78 is 11.0. The van der Waals surface area contributed by atoms with Crippen LogP contribution in [0.15, 0.2) is 42.7 Å². The zero-order valence-electron chi connectivity index (χ0n) is 14.1. The molecule has 3 rings (SSSR count). The van der Waals surface area contributed by atoms with Crippen molar-refractivity contribution in [2.45, 2.75) is 12.6 Å². The van der Waals surface area contributed by atoms with Crippen LogP contribution in [-0.4, -0.2) is 43.7 Å². The molecule has 1 N–H and O–H groups in total. The Bertz CT molecular complexity index is 639. The van der Waals surface area contributed by atoms with Crippen molar-refractivity contribution >= 4 is 12.4 Å². The first kappa shape index (κ1) is 18.5. The van der Waals surface area contributed by atoms with Crippen LogP contribution in [0.5, 0.6) is 11.5 Å². The maximum atomic E-state index is 5.57. The van der Waals surface area contributed by atoms with Crippen LogP contribution >= 0.6 is 12.4 Å². The zero-order chi connectivity index (χ0) is 16.1. The van der Waals surface area contributed by atoms with Crippen LogP contribution < -0.4 is 14.8 Å². The first-order chi connectivity index (χ1) is 11.3. The van der Waals surface area contributed by atoms with Crippen LogP contribution in [-0.2, 0) is 6.54 Å². The highest BCUT2D eigenvalue weighted by molar-refractivity contribution is 5.85. The first-order valence-corrected chi connectivity index (χ1v) is 7.88. The van der Waals surface area contributed by atoms with Crippen LogP contribution in [0.3, 0.4) is 0 Å². The van der Waals surface area contributed by atoms with E-state index >= 15 is 0 Å². The van der Waals surface area contributed by atoms with Gasteiger partial charge in [0, 0.05) is 50.2 Å². The summed E-state index contributed by atoms with van der Waals surface area (Å²) in [5.74, 6) is 1.60. The summed E-state index contributed by atoms with van der Waals surface area (Å²) >= 11 is 0. The number of benzene rings is 1. The Hall–Kier alpha value is -1.82. The number of hydrogen-bond acceptors (Lipinski definition) is 5. The van der Waals surface area contributed by atoms with Crippen molar-refractivity contribution in [3.63, 3.8) is 0 Å². The van der Waals surface area contributed by atoms with Gasteiger partial charge in [-0.05, 0) is 23.8 Å². The molecule has 0 aliphatic carbocycles. The topological polar surface area (TPSA) is 46.6 Å². The van der Waals surface area contributed by atoms with E-state index in [1.807, 2.05) is 24.5 Å². The molecule has 0 amide bonds. The molecule has 1 fully saturated rings. The van der Waals surface area contributed by atoms with Gasteiger partial charge in [0.05, 0.1) is 14.2 Å². The van der Waals surface area contributed by atoms with Crippen molar-refractivity contribution in [3.8, 4) is 11.5 Å². The number of ether oxygens (including phenoxy) is 2. The van der Waals surface area contributed by atoms with Gasteiger partial charge >= 0.3 is 0 Å². The van der Waals surface area contributed by atoms with Crippen molar-refractivity contribution < 1.29 is 9.47 Å². The second-order valence-electron chi connectivity index (χ2n) is 5.62. The fourth-order valence-corrected chi connectivity index (χ4v) is 3.15. The highest BCUT2D eigenvalue weighted by Crippen LogP contribution is 2.33. The van der Waals surface area contributed by atoms with Crippen molar-refractivity contribution in [2.24, 2.45) is 0 Å². The molecule has 1 aliphatic heterocycles. The van der Waals surface area contributed by atoms with Gasteiger partial charge in [-0.1, -0.05) is 12.1 Å². The van der Waals surface area contributed by atoms with E-state index in [1.54, 1.807) is 14.2 Å². The fourth-order valence-electron chi connectivity index (χ4n) is 3.15. The summed E-state index contributed by atoms with van der Waals surface area (Å²) in [5, 5.41) is 3.48. The van der Waals surface area contributed by atoms with Gasteiger partial charge in [-0.25, -0.2) is 0 Å². The largest absolute Gasteiger partial charge is 0.493 e. The third-order valence-electron chi connectivity index (χ3n) is 4.30. The molecule has 0 spiro atoms. The van der Waals surface area contributed by atoms with Crippen LogP contribution in [0.4, 0.5) is 0 Å². The molecule has 5 nitrogen and oxygen atoms in total. The van der Waals surface area contributed by atoms with Gasteiger partial charge in [0.1, 0.15) is 0 Å². The number of rotatable bonds is 5. The lowest BCUT2D eigenvalue weighted by molar-refractivity contribution is 0.152. The first-order valence-electron chi connectivity index (χ1n) is 7.88. The summed E-state index contributed by atoms with van der Waals surface area (Å²) in [7, 11) is 3.37. The van der Waals surface area contributed by atoms with Crippen molar-refractivity contribution in [2.75, 3.05) is 33.9 Å². The predicted octanol–water partition coefficient (Wildman–Crippen LogP) is 2.67. The van der Waals surface area contributed by atoms with Gasteiger partial charge in [0.15, 0.2) is 11.5 Å². The molecule has 0 radical (unpaired) electrons. The lowest BCUT2D eigenvalue weighted by Crippen LogP contribution is -2.45.